The number of hydrogen-bond acceptors (Lipinski definition) is 1. The van der Waals surface area contributed by atoms with Crippen LogP contribution in [-0.2, 0) is 0 Å². The Morgan fingerprint density at radius 3 is 3.30 bits per heavy atom. The molecule has 1 aliphatic carbocycles. The molecule has 1 fully saturated rings. The molecule has 55 valence electrons. The first-order chi connectivity index (χ1) is 4.88. The molecule has 1 radical (unpaired) electrons. The van der Waals surface area contributed by atoms with Gasteiger partial charge in [0.25, 0.3) is 0 Å². The van der Waals surface area contributed by atoms with Crippen LogP contribution in [0.15, 0.2) is 11.6 Å². The number of nitrogens with two attached hydrogens (primary N) is 1. The van der Waals surface area contributed by atoms with Gasteiger partial charge in [-0.25, -0.2) is 5.32 Å². The van der Waals surface area contributed by atoms with Crippen LogP contribution in [0.5, 0.6) is 0 Å². The first-order valence-corrected chi connectivity index (χ1v) is 3.95. The molecule has 2 rings (SSSR count). The quantitative estimate of drug-likeness (QED) is 0.478. The number of allylic oxidation sites excluding steroid dienone is 1. The lowest BCUT2D eigenvalue weighted by Gasteiger charge is -2.23. The molecule has 10 heavy (non-hydrogen) atoms. The van der Waals surface area contributed by atoms with Crippen LogP contribution >= 0.6 is 0 Å². The van der Waals surface area contributed by atoms with E-state index in [4.69, 9.17) is 5.73 Å². The van der Waals surface area contributed by atoms with Crippen LogP contribution in [0.4, 0.5) is 0 Å². The lowest BCUT2D eigenvalue weighted by Crippen LogP contribution is -2.33. The molecule has 2 heteroatoms. The average Bonchev–Trinajstić information content (AvgIpc) is 2.36. The van der Waals surface area contributed by atoms with Gasteiger partial charge in [0, 0.05) is 25.0 Å². The van der Waals surface area contributed by atoms with Crippen molar-refractivity contribution in [3.8, 4) is 0 Å². The molecule has 1 saturated heterocycles. The van der Waals surface area contributed by atoms with E-state index in [0.717, 1.165) is 19.5 Å². The minimum absolute atomic E-state index is 0.395. The highest BCUT2D eigenvalue weighted by molar-refractivity contribution is 5.19. The van der Waals surface area contributed by atoms with E-state index in [9.17, 15) is 0 Å². The van der Waals surface area contributed by atoms with Crippen LogP contribution in [0.3, 0.4) is 0 Å². The van der Waals surface area contributed by atoms with Crippen LogP contribution in [0.25, 0.3) is 0 Å². The zero-order chi connectivity index (χ0) is 6.97. The Bertz CT molecular complexity index is 163. The van der Waals surface area contributed by atoms with Crippen LogP contribution in [0.2, 0.25) is 0 Å². The summed E-state index contributed by atoms with van der Waals surface area (Å²) in [6.45, 7) is 1.94. The number of hydrogen-bond donors (Lipinski definition) is 1. The van der Waals surface area contributed by atoms with Crippen molar-refractivity contribution in [2.75, 3.05) is 13.1 Å². The fourth-order valence-electron chi connectivity index (χ4n) is 1.86. The van der Waals surface area contributed by atoms with Crippen LogP contribution in [0, 0.1) is 5.92 Å². The summed E-state index contributed by atoms with van der Waals surface area (Å²) in [5.41, 5.74) is 7.42. The lowest BCUT2D eigenvalue weighted by molar-refractivity contribution is 0.460. The third-order valence-electron chi connectivity index (χ3n) is 2.52. The summed E-state index contributed by atoms with van der Waals surface area (Å²) in [7, 11) is 0. The summed E-state index contributed by atoms with van der Waals surface area (Å²) < 4.78 is 0. The molecular weight excluding hydrogens is 124 g/mol. The van der Waals surface area contributed by atoms with Crippen molar-refractivity contribution in [2.45, 2.75) is 18.9 Å². The predicted molar refractivity (Wildman–Crippen MR) is 40.7 cm³/mol. The predicted octanol–water partition coefficient (Wildman–Crippen LogP) is 0.268. The molecule has 0 aromatic carbocycles. The largest absolute Gasteiger partial charge is 0.327 e. The Morgan fingerprint density at radius 1 is 1.60 bits per heavy atom. The fraction of sp³-hybridized carbons (Fsp3) is 0.750. The van der Waals surface area contributed by atoms with E-state index < -0.39 is 0 Å². The van der Waals surface area contributed by atoms with Crippen molar-refractivity contribution >= 4 is 0 Å². The highest BCUT2D eigenvalue weighted by Gasteiger charge is 2.29. The van der Waals surface area contributed by atoms with Gasteiger partial charge in [-0.3, -0.25) is 0 Å². The monoisotopic (exact) mass is 137 g/mol. The number of nitrogens with zero attached hydrogens (tertiary/aromatic N) is 1. The van der Waals surface area contributed by atoms with Crippen molar-refractivity contribution < 1.29 is 0 Å². The summed E-state index contributed by atoms with van der Waals surface area (Å²) in [6.07, 6.45) is 4.65. The van der Waals surface area contributed by atoms with E-state index in [1.165, 1.54) is 12.0 Å². The molecule has 2 unspecified atom stereocenters. The van der Waals surface area contributed by atoms with Crippen molar-refractivity contribution in [1.29, 1.82) is 0 Å². The van der Waals surface area contributed by atoms with Gasteiger partial charge in [0.1, 0.15) is 0 Å². The Morgan fingerprint density at radius 2 is 2.50 bits per heavy atom. The van der Waals surface area contributed by atoms with E-state index in [1.807, 2.05) is 0 Å². The molecule has 0 bridgehead atoms. The van der Waals surface area contributed by atoms with Gasteiger partial charge in [0.2, 0.25) is 0 Å². The topological polar surface area (TPSA) is 40.1 Å². The number of rotatable bonds is 0. The second-order valence-corrected chi connectivity index (χ2v) is 3.19. The second kappa shape index (κ2) is 2.36. The van der Waals surface area contributed by atoms with E-state index >= 15 is 0 Å². The maximum atomic E-state index is 5.92. The SMILES string of the molecule is NC1CCC=C2C[N]CC21. The van der Waals surface area contributed by atoms with E-state index in [0.29, 0.717) is 12.0 Å². The fourth-order valence-corrected chi connectivity index (χ4v) is 1.86. The zero-order valence-corrected chi connectivity index (χ0v) is 6.09. The summed E-state index contributed by atoms with van der Waals surface area (Å²) in [5, 5.41) is 4.33. The average molecular weight is 137 g/mol. The van der Waals surface area contributed by atoms with Gasteiger partial charge in [-0.1, -0.05) is 11.6 Å². The van der Waals surface area contributed by atoms with Gasteiger partial charge in [-0.05, 0) is 12.8 Å². The van der Waals surface area contributed by atoms with E-state index in [2.05, 4.69) is 11.4 Å². The van der Waals surface area contributed by atoms with Crippen molar-refractivity contribution in [1.82, 2.24) is 5.32 Å². The van der Waals surface area contributed by atoms with Crippen molar-refractivity contribution in [3.05, 3.63) is 11.6 Å². The molecule has 0 amide bonds. The molecule has 1 aliphatic heterocycles. The number of fused-ring (bicyclic) bond motifs is 1. The molecule has 2 atom stereocenters. The maximum Gasteiger partial charge on any atom is 0.0347 e. The third kappa shape index (κ3) is 0.879. The first-order valence-electron chi connectivity index (χ1n) is 3.95. The Hall–Kier alpha value is -0.340. The zero-order valence-electron chi connectivity index (χ0n) is 6.09. The standard InChI is InChI=1S/C8H13N2/c9-8-3-1-2-6-4-10-5-7(6)8/h2,7-8H,1,3-5,9H2. The first kappa shape index (κ1) is 6.38. The van der Waals surface area contributed by atoms with Crippen molar-refractivity contribution in [3.63, 3.8) is 0 Å². The highest BCUT2D eigenvalue weighted by Crippen LogP contribution is 2.26. The molecule has 0 saturated carbocycles. The lowest BCUT2D eigenvalue weighted by atomic mass is 9.86. The van der Waals surface area contributed by atoms with Crippen LogP contribution in [-0.4, -0.2) is 19.1 Å². The van der Waals surface area contributed by atoms with Gasteiger partial charge < -0.3 is 5.73 Å². The van der Waals surface area contributed by atoms with Gasteiger partial charge in [0.05, 0.1) is 0 Å². The molecule has 0 aromatic rings. The van der Waals surface area contributed by atoms with Crippen molar-refractivity contribution in [2.24, 2.45) is 11.7 Å². The molecule has 0 spiro atoms. The second-order valence-electron chi connectivity index (χ2n) is 3.19. The van der Waals surface area contributed by atoms with E-state index in [1.54, 1.807) is 0 Å². The minimum Gasteiger partial charge on any atom is -0.327 e. The molecule has 2 N–H and O–H groups in total. The van der Waals surface area contributed by atoms with Crippen LogP contribution in [0.1, 0.15) is 12.8 Å². The van der Waals surface area contributed by atoms with Crippen LogP contribution < -0.4 is 11.1 Å². The summed E-state index contributed by atoms with van der Waals surface area (Å²) in [6, 6.07) is 0.395. The molecular formula is C8H13N2. The maximum absolute atomic E-state index is 5.92. The Labute approximate surface area is 61.5 Å². The summed E-state index contributed by atoms with van der Waals surface area (Å²) in [4.78, 5) is 0. The Kier molecular flexibility index (Phi) is 1.51. The normalized spacial score (nSPS) is 39.1. The van der Waals surface area contributed by atoms with Gasteiger partial charge >= 0.3 is 0 Å². The summed E-state index contributed by atoms with van der Waals surface area (Å²) in [5.74, 6) is 0.605. The third-order valence-corrected chi connectivity index (χ3v) is 2.52. The van der Waals surface area contributed by atoms with Gasteiger partial charge in [-0.2, -0.15) is 0 Å². The minimum atomic E-state index is 0.395. The smallest absolute Gasteiger partial charge is 0.0347 e. The molecule has 0 aromatic heterocycles. The highest BCUT2D eigenvalue weighted by atomic mass is 14.9. The summed E-state index contributed by atoms with van der Waals surface area (Å²) >= 11 is 0. The molecule has 2 aliphatic rings. The Balaban J connectivity index is 2.18. The molecule has 1 heterocycles. The molecule has 2 nitrogen and oxygen atoms in total. The van der Waals surface area contributed by atoms with Gasteiger partial charge in [-0.15, -0.1) is 0 Å². The van der Waals surface area contributed by atoms with Gasteiger partial charge in [0.15, 0.2) is 0 Å². The van der Waals surface area contributed by atoms with E-state index in [-0.39, 0.29) is 0 Å².